The predicted molar refractivity (Wildman–Crippen MR) is 33.8 cm³/mol. The molecular formula is C5H9N3O. The van der Waals surface area contributed by atoms with Gasteiger partial charge in [0.05, 0.1) is 5.69 Å². The smallest absolute Gasteiger partial charge is 0.309 e. The average Bonchev–Trinajstić information content (AvgIpc) is 2.13. The molecule has 3 N–H and O–H groups in total. The summed E-state index contributed by atoms with van der Waals surface area (Å²) in [5.41, 5.74) is 3.17. The van der Waals surface area contributed by atoms with Gasteiger partial charge in [-0.25, -0.2) is 5.84 Å². The largest absolute Gasteiger partial charge is 0.428 e. The molecule has 0 saturated heterocycles. The van der Waals surface area contributed by atoms with Crippen molar-refractivity contribution in [2.75, 3.05) is 5.43 Å². The van der Waals surface area contributed by atoms with Crippen molar-refractivity contribution in [3.8, 4) is 0 Å². The zero-order valence-electron chi connectivity index (χ0n) is 5.43. The van der Waals surface area contributed by atoms with E-state index in [9.17, 15) is 0 Å². The highest BCUT2D eigenvalue weighted by atomic mass is 16.4. The number of aromatic nitrogens is 1. The Bertz CT molecular complexity index is 186. The van der Waals surface area contributed by atoms with Crippen molar-refractivity contribution >= 4 is 6.01 Å². The summed E-state index contributed by atoms with van der Waals surface area (Å²) in [7, 11) is 0. The second-order valence-corrected chi connectivity index (χ2v) is 1.80. The maximum atomic E-state index is 5.03. The zero-order valence-corrected chi connectivity index (χ0v) is 5.43. The summed E-state index contributed by atoms with van der Waals surface area (Å²) in [5.74, 6) is 5.82. The van der Waals surface area contributed by atoms with Gasteiger partial charge in [0.25, 0.3) is 0 Å². The lowest BCUT2D eigenvalue weighted by atomic mass is 10.4. The molecule has 0 aromatic carbocycles. The van der Waals surface area contributed by atoms with Crippen molar-refractivity contribution in [1.29, 1.82) is 0 Å². The molecular weight excluding hydrogens is 118 g/mol. The molecule has 4 heteroatoms. The highest BCUT2D eigenvalue weighted by Crippen LogP contribution is 2.10. The van der Waals surface area contributed by atoms with E-state index >= 15 is 0 Å². The third-order valence-electron chi connectivity index (χ3n) is 1.15. The third-order valence-corrected chi connectivity index (χ3v) is 1.15. The fourth-order valence-corrected chi connectivity index (χ4v) is 0.534. The van der Waals surface area contributed by atoms with Crippen molar-refractivity contribution in [1.82, 2.24) is 4.98 Å². The van der Waals surface area contributed by atoms with Crippen LogP contribution in [0.3, 0.4) is 0 Å². The topological polar surface area (TPSA) is 64.1 Å². The minimum absolute atomic E-state index is 0.366. The quantitative estimate of drug-likeness (QED) is 0.427. The molecule has 0 spiro atoms. The van der Waals surface area contributed by atoms with E-state index in [0.717, 1.165) is 11.5 Å². The van der Waals surface area contributed by atoms with E-state index in [2.05, 4.69) is 10.4 Å². The second kappa shape index (κ2) is 2.06. The summed E-state index contributed by atoms with van der Waals surface area (Å²) in [6.45, 7) is 3.70. The van der Waals surface area contributed by atoms with Gasteiger partial charge in [-0.15, -0.1) is 0 Å². The molecule has 0 aliphatic heterocycles. The number of hydrogen-bond acceptors (Lipinski definition) is 4. The monoisotopic (exact) mass is 127 g/mol. The Morgan fingerprint density at radius 2 is 2.22 bits per heavy atom. The van der Waals surface area contributed by atoms with Crippen molar-refractivity contribution < 1.29 is 4.42 Å². The number of rotatable bonds is 1. The molecule has 0 saturated carbocycles. The first-order valence-electron chi connectivity index (χ1n) is 2.64. The molecule has 0 amide bonds. The molecule has 1 aromatic rings. The Hall–Kier alpha value is -1.03. The molecule has 0 bridgehead atoms. The molecule has 9 heavy (non-hydrogen) atoms. The molecule has 1 rings (SSSR count). The predicted octanol–water partition coefficient (Wildman–Crippen LogP) is 0.577. The number of aryl methyl sites for hydroxylation is 2. The van der Waals surface area contributed by atoms with Crippen molar-refractivity contribution in [3.05, 3.63) is 11.5 Å². The Labute approximate surface area is 53.0 Å². The van der Waals surface area contributed by atoms with Crippen LogP contribution < -0.4 is 11.3 Å². The first-order valence-corrected chi connectivity index (χ1v) is 2.64. The van der Waals surface area contributed by atoms with Crippen LogP contribution in [0, 0.1) is 13.8 Å². The van der Waals surface area contributed by atoms with E-state index < -0.39 is 0 Å². The second-order valence-electron chi connectivity index (χ2n) is 1.80. The van der Waals surface area contributed by atoms with Gasteiger partial charge in [0, 0.05) is 0 Å². The van der Waals surface area contributed by atoms with Crippen LogP contribution in [0.15, 0.2) is 4.42 Å². The lowest BCUT2D eigenvalue weighted by Crippen LogP contribution is -2.06. The Morgan fingerprint density at radius 1 is 1.56 bits per heavy atom. The third kappa shape index (κ3) is 1.02. The molecule has 0 radical (unpaired) electrons. The molecule has 0 atom stereocenters. The number of nitrogens with one attached hydrogen (secondary N) is 1. The van der Waals surface area contributed by atoms with Gasteiger partial charge in [-0.05, 0) is 13.8 Å². The molecule has 0 fully saturated rings. The Morgan fingerprint density at radius 3 is 2.44 bits per heavy atom. The summed E-state index contributed by atoms with van der Waals surface area (Å²) >= 11 is 0. The number of anilines is 1. The van der Waals surface area contributed by atoms with Crippen LogP contribution in [0.4, 0.5) is 6.01 Å². The maximum Gasteiger partial charge on any atom is 0.309 e. The normalized spacial score (nSPS) is 9.67. The minimum Gasteiger partial charge on any atom is -0.428 e. The van der Waals surface area contributed by atoms with Gasteiger partial charge in [0.2, 0.25) is 0 Å². The van der Waals surface area contributed by atoms with E-state index in [1.54, 1.807) is 0 Å². The fraction of sp³-hybridized carbons (Fsp3) is 0.400. The van der Waals surface area contributed by atoms with Crippen LogP contribution in [0.1, 0.15) is 11.5 Å². The first kappa shape index (κ1) is 6.10. The van der Waals surface area contributed by atoms with Crippen LogP contribution in [-0.2, 0) is 0 Å². The summed E-state index contributed by atoms with van der Waals surface area (Å²) in [5, 5.41) is 0. The van der Waals surface area contributed by atoms with Crippen LogP contribution in [0.25, 0.3) is 0 Å². The molecule has 50 valence electrons. The van der Waals surface area contributed by atoms with Gasteiger partial charge in [-0.3, -0.25) is 5.43 Å². The standard InChI is InChI=1S/C5H9N3O/c1-3-4(2)9-5(7-3)8-6/h6H2,1-2H3,(H,7,8). The van der Waals surface area contributed by atoms with Crippen LogP contribution in [0.2, 0.25) is 0 Å². The van der Waals surface area contributed by atoms with Gasteiger partial charge in [0.1, 0.15) is 5.76 Å². The summed E-state index contributed by atoms with van der Waals surface area (Å²) in [6.07, 6.45) is 0. The average molecular weight is 127 g/mol. The zero-order chi connectivity index (χ0) is 6.85. The van der Waals surface area contributed by atoms with E-state index in [0.29, 0.717) is 6.01 Å². The van der Waals surface area contributed by atoms with E-state index in [1.165, 1.54) is 0 Å². The molecule has 0 aliphatic rings. The first-order chi connectivity index (χ1) is 4.24. The molecule has 1 heterocycles. The number of hydrogen-bond donors (Lipinski definition) is 2. The number of nitrogens with zero attached hydrogens (tertiary/aromatic N) is 1. The number of nitrogen functional groups attached to an aromatic ring is 1. The van der Waals surface area contributed by atoms with Gasteiger partial charge in [0.15, 0.2) is 0 Å². The Balaban J connectivity index is 2.98. The Kier molecular flexibility index (Phi) is 1.40. The van der Waals surface area contributed by atoms with Crippen molar-refractivity contribution in [3.63, 3.8) is 0 Å². The lowest BCUT2D eigenvalue weighted by Gasteiger charge is -1.85. The van der Waals surface area contributed by atoms with Crippen LogP contribution in [0.5, 0.6) is 0 Å². The van der Waals surface area contributed by atoms with E-state index in [1.807, 2.05) is 13.8 Å². The summed E-state index contributed by atoms with van der Waals surface area (Å²) in [4.78, 5) is 3.93. The van der Waals surface area contributed by atoms with Crippen LogP contribution in [-0.4, -0.2) is 4.98 Å². The summed E-state index contributed by atoms with van der Waals surface area (Å²) < 4.78 is 5.02. The van der Waals surface area contributed by atoms with Crippen molar-refractivity contribution in [2.24, 2.45) is 5.84 Å². The van der Waals surface area contributed by atoms with Crippen LogP contribution >= 0.6 is 0 Å². The van der Waals surface area contributed by atoms with Gasteiger partial charge in [-0.1, -0.05) is 0 Å². The van der Waals surface area contributed by atoms with E-state index in [4.69, 9.17) is 10.3 Å². The number of nitrogens with two attached hydrogens (primary N) is 1. The highest BCUT2D eigenvalue weighted by molar-refractivity contribution is 5.21. The molecule has 1 aromatic heterocycles. The summed E-state index contributed by atoms with van der Waals surface area (Å²) in [6, 6.07) is 0.366. The lowest BCUT2D eigenvalue weighted by molar-refractivity contribution is 0.539. The maximum absolute atomic E-state index is 5.03. The van der Waals surface area contributed by atoms with Gasteiger partial charge < -0.3 is 4.42 Å². The molecule has 4 nitrogen and oxygen atoms in total. The highest BCUT2D eigenvalue weighted by Gasteiger charge is 2.00. The van der Waals surface area contributed by atoms with Gasteiger partial charge in [-0.2, -0.15) is 4.98 Å². The fourth-order valence-electron chi connectivity index (χ4n) is 0.534. The SMILES string of the molecule is Cc1nc(NN)oc1C. The van der Waals surface area contributed by atoms with E-state index in [-0.39, 0.29) is 0 Å². The minimum atomic E-state index is 0.366. The molecule has 0 aliphatic carbocycles. The molecule has 0 unspecified atom stereocenters. The van der Waals surface area contributed by atoms with Crippen molar-refractivity contribution in [2.45, 2.75) is 13.8 Å². The number of oxazole rings is 1. The number of hydrazine groups is 1. The van der Waals surface area contributed by atoms with Gasteiger partial charge >= 0.3 is 6.01 Å².